The maximum Gasteiger partial charge on any atom is 0.221 e. The number of anilines is 1. The minimum absolute atomic E-state index is 0.617. The van der Waals surface area contributed by atoms with Crippen molar-refractivity contribution in [2.24, 2.45) is 0 Å². The summed E-state index contributed by atoms with van der Waals surface area (Å²) in [6, 6.07) is 0. The van der Waals surface area contributed by atoms with Gasteiger partial charge in [-0.3, -0.25) is 0 Å². The van der Waals surface area contributed by atoms with Gasteiger partial charge >= 0.3 is 0 Å². The van der Waals surface area contributed by atoms with Crippen LogP contribution in [-0.4, -0.2) is 23.1 Å². The van der Waals surface area contributed by atoms with E-state index in [1.54, 1.807) is 0 Å². The van der Waals surface area contributed by atoms with Crippen LogP contribution >= 0.6 is 0 Å². The van der Waals surface area contributed by atoms with E-state index in [2.05, 4.69) is 35.7 Å². The fourth-order valence-electron chi connectivity index (χ4n) is 1.75. The highest BCUT2D eigenvalue weighted by atomic mass is 16.5. The van der Waals surface area contributed by atoms with Crippen LogP contribution in [0.4, 0.5) is 5.82 Å². The summed E-state index contributed by atoms with van der Waals surface area (Å²) in [6.45, 7) is 13.7. The van der Waals surface area contributed by atoms with Crippen LogP contribution in [0, 0.1) is 6.92 Å². The highest BCUT2D eigenvalue weighted by molar-refractivity contribution is 5.48. The van der Waals surface area contributed by atoms with E-state index in [4.69, 9.17) is 4.74 Å². The lowest BCUT2D eigenvalue weighted by atomic mass is 10.2. The van der Waals surface area contributed by atoms with Crippen molar-refractivity contribution in [2.75, 3.05) is 18.5 Å². The van der Waals surface area contributed by atoms with Gasteiger partial charge in [0.2, 0.25) is 5.88 Å². The lowest BCUT2D eigenvalue weighted by Crippen LogP contribution is -2.10. The predicted octanol–water partition coefficient (Wildman–Crippen LogP) is 3.90. The van der Waals surface area contributed by atoms with Gasteiger partial charge in [-0.15, -0.1) is 6.58 Å². The second kappa shape index (κ2) is 8.56. The molecule has 0 unspecified atom stereocenters. The molecule has 0 aliphatic rings. The monoisotopic (exact) mass is 277 g/mol. The largest absolute Gasteiger partial charge is 0.477 e. The molecule has 112 valence electrons. The van der Waals surface area contributed by atoms with Crippen LogP contribution in [0.2, 0.25) is 0 Å². The Bertz CT molecular complexity index is 444. The molecule has 1 aromatic rings. The van der Waals surface area contributed by atoms with E-state index in [0.29, 0.717) is 12.5 Å². The second-order valence-electron chi connectivity index (χ2n) is 5.15. The van der Waals surface area contributed by atoms with Crippen molar-refractivity contribution in [2.45, 2.75) is 53.4 Å². The highest BCUT2D eigenvalue weighted by Gasteiger charge is 2.11. The van der Waals surface area contributed by atoms with Gasteiger partial charge in [0.1, 0.15) is 11.6 Å². The summed E-state index contributed by atoms with van der Waals surface area (Å²) >= 11 is 0. The molecule has 1 heterocycles. The molecule has 0 atom stereocenters. The molecular weight excluding hydrogens is 250 g/mol. The smallest absolute Gasteiger partial charge is 0.221 e. The molecule has 1 N–H and O–H groups in total. The normalized spacial score (nSPS) is 10.4. The summed E-state index contributed by atoms with van der Waals surface area (Å²) in [4.78, 5) is 9.11. The van der Waals surface area contributed by atoms with Crippen LogP contribution in [-0.2, 0) is 6.42 Å². The fraction of sp³-hybridized carbons (Fsp3) is 0.625. The van der Waals surface area contributed by atoms with Gasteiger partial charge in [-0.05, 0) is 26.7 Å². The molecule has 0 fully saturated rings. The first-order chi connectivity index (χ1) is 9.58. The Morgan fingerprint density at radius 2 is 2.00 bits per heavy atom. The third kappa shape index (κ3) is 5.19. The topological polar surface area (TPSA) is 47.0 Å². The molecule has 0 saturated heterocycles. The number of hydrogen-bond acceptors (Lipinski definition) is 4. The molecule has 4 nitrogen and oxygen atoms in total. The summed E-state index contributed by atoms with van der Waals surface area (Å²) in [6.07, 6.45) is 3.82. The molecule has 0 amide bonds. The molecule has 1 rings (SSSR count). The molecule has 0 bridgehead atoms. The second-order valence-corrected chi connectivity index (χ2v) is 5.15. The number of aryl methyl sites for hydroxylation is 1. The summed E-state index contributed by atoms with van der Waals surface area (Å²) in [5.41, 5.74) is 2.11. The Kier molecular flexibility index (Phi) is 7.05. The van der Waals surface area contributed by atoms with Crippen LogP contribution in [0.5, 0.6) is 5.88 Å². The Hall–Kier alpha value is -1.58. The molecule has 20 heavy (non-hydrogen) atoms. The van der Waals surface area contributed by atoms with Crippen molar-refractivity contribution in [3.05, 3.63) is 23.5 Å². The van der Waals surface area contributed by atoms with E-state index in [0.717, 1.165) is 55.0 Å². The van der Waals surface area contributed by atoms with Crippen LogP contribution in [0.1, 0.15) is 51.4 Å². The van der Waals surface area contributed by atoms with Gasteiger partial charge in [0.25, 0.3) is 0 Å². The minimum atomic E-state index is 0.617. The number of nitrogens with zero attached hydrogens (tertiary/aromatic N) is 2. The van der Waals surface area contributed by atoms with Gasteiger partial charge in [-0.25, -0.2) is 4.98 Å². The number of ether oxygens (including phenoxy) is 1. The van der Waals surface area contributed by atoms with E-state index in [9.17, 15) is 0 Å². The molecule has 0 aliphatic carbocycles. The first-order valence-electron chi connectivity index (χ1n) is 7.47. The van der Waals surface area contributed by atoms with E-state index >= 15 is 0 Å². The Morgan fingerprint density at radius 3 is 2.60 bits per heavy atom. The highest BCUT2D eigenvalue weighted by Crippen LogP contribution is 2.23. The SMILES string of the molecule is C=C(C)CCOc1nc(CCC)nc(NCCC)c1C. The van der Waals surface area contributed by atoms with Crippen LogP contribution in [0.15, 0.2) is 12.2 Å². The summed E-state index contributed by atoms with van der Waals surface area (Å²) in [5, 5.41) is 3.35. The Labute approximate surface area is 122 Å². The van der Waals surface area contributed by atoms with Crippen LogP contribution in [0.3, 0.4) is 0 Å². The average Bonchev–Trinajstić information content (AvgIpc) is 2.40. The molecule has 1 aromatic heterocycles. The van der Waals surface area contributed by atoms with E-state index in [1.165, 1.54) is 0 Å². The number of rotatable bonds is 9. The molecule has 4 heteroatoms. The van der Waals surface area contributed by atoms with E-state index < -0.39 is 0 Å². The predicted molar refractivity (Wildman–Crippen MR) is 84.5 cm³/mol. The lowest BCUT2D eigenvalue weighted by molar-refractivity contribution is 0.305. The van der Waals surface area contributed by atoms with Gasteiger partial charge in [-0.2, -0.15) is 4.98 Å². The summed E-state index contributed by atoms with van der Waals surface area (Å²) in [7, 11) is 0. The van der Waals surface area contributed by atoms with Crippen molar-refractivity contribution in [1.82, 2.24) is 9.97 Å². The quantitative estimate of drug-likeness (QED) is 0.695. The summed E-state index contributed by atoms with van der Waals surface area (Å²) in [5.74, 6) is 2.45. The number of aromatic nitrogens is 2. The molecule has 0 spiro atoms. The van der Waals surface area contributed by atoms with Crippen LogP contribution in [0.25, 0.3) is 0 Å². The zero-order valence-electron chi connectivity index (χ0n) is 13.3. The Balaban J connectivity index is 2.88. The third-order valence-corrected chi connectivity index (χ3v) is 2.93. The van der Waals surface area contributed by atoms with Gasteiger partial charge in [-0.1, -0.05) is 19.4 Å². The zero-order chi connectivity index (χ0) is 15.0. The molecule has 0 saturated carbocycles. The van der Waals surface area contributed by atoms with Crippen molar-refractivity contribution in [1.29, 1.82) is 0 Å². The first-order valence-corrected chi connectivity index (χ1v) is 7.47. The standard InChI is InChI=1S/C16H27N3O/c1-6-8-14-18-15(17-10-7-2)13(5)16(19-14)20-11-9-12(3)4/h3,6-11H2,1-2,4-5H3,(H,17,18,19). The van der Waals surface area contributed by atoms with Crippen LogP contribution < -0.4 is 10.1 Å². The van der Waals surface area contributed by atoms with E-state index in [-0.39, 0.29) is 0 Å². The number of hydrogen-bond donors (Lipinski definition) is 1. The van der Waals surface area contributed by atoms with Gasteiger partial charge < -0.3 is 10.1 Å². The lowest BCUT2D eigenvalue weighted by Gasteiger charge is -2.14. The van der Waals surface area contributed by atoms with Gasteiger partial charge in [0.05, 0.1) is 12.2 Å². The Morgan fingerprint density at radius 1 is 1.25 bits per heavy atom. The first kappa shape index (κ1) is 16.5. The minimum Gasteiger partial charge on any atom is -0.477 e. The molecule has 0 aromatic carbocycles. The van der Waals surface area contributed by atoms with Crippen molar-refractivity contribution >= 4 is 5.82 Å². The molecule has 0 radical (unpaired) electrons. The van der Waals surface area contributed by atoms with E-state index in [1.807, 2.05) is 13.8 Å². The zero-order valence-corrected chi connectivity index (χ0v) is 13.3. The van der Waals surface area contributed by atoms with Crippen molar-refractivity contribution in [3.8, 4) is 5.88 Å². The number of nitrogens with one attached hydrogen (secondary N) is 1. The molecular formula is C16H27N3O. The summed E-state index contributed by atoms with van der Waals surface area (Å²) < 4.78 is 5.80. The molecule has 0 aliphatic heterocycles. The third-order valence-electron chi connectivity index (χ3n) is 2.93. The maximum atomic E-state index is 5.80. The van der Waals surface area contributed by atoms with Crippen molar-refractivity contribution in [3.63, 3.8) is 0 Å². The van der Waals surface area contributed by atoms with Gasteiger partial charge in [0.15, 0.2) is 0 Å². The van der Waals surface area contributed by atoms with Crippen molar-refractivity contribution < 1.29 is 4.74 Å². The fourth-order valence-corrected chi connectivity index (χ4v) is 1.75. The van der Waals surface area contributed by atoms with Gasteiger partial charge in [0, 0.05) is 19.4 Å². The maximum absolute atomic E-state index is 5.80. The average molecular weight is 277 g/mol.